The van der Waals surface area contributed by atoms with Gasteiger partial charge in [-0.3, -0.25) is 0 Å². The lowest BCUT2D eigenvalue weighted by molar-refractivity contribution is 0.336. The van der Waals surface area contributed by atoms with Crippen LogP contribution < -0.4 is 14.8 Å². The van der Waals surface area contributed by atoms with Crippen LogP contribution in [-0.2, 0) is 6.54 Å². The molecule has 1 aliphatic carbocycles. The van der Waals surface area contributed by atoms with E-state index in [9.17, 15) is 0 Å². The predicted octanol–water partition coefficient (Wildman–Crippen LogP) is 3.99. The highest BCUT2D eigenvalue weighted by molar-refractivity contribution is 9.10. The van der Waals surface area contributed by atoms with Crippen LogP contribution in [0.3, 0.4) is 0 Å². The highest BCUT2D eigenvalue weighted by Crippen LogP contribution is 2.51. The molecule has 1 fully saturated rings. The number of hydrogen-bond donors (Lipinski definition) is 1. The number of nitrogens with one attached hydrogen (secondary N) is 1. The van der Waals surface area contributed by atoms with Crippen LogP contribution in [0, 0.1) is 11.3 Å². The molecule has 20 heavy (non-hydrogen) atoms. The Morgan fingerprint density at radius 1 is 1.25 bits per heavy atom. The smallest absolute Gasteiger partial charge is 0.174 e. The first-order valence-electron chi connectivity index (χ1n) is 7.13. The highest BCUT2D eigenvalue weighted by atomic mass is 79.9. The van der Waals surface area contributed by atoms with Crippen molar-refractivity contribution in [3.05, 3.63) is 22.2 Å². The van der Waals surface area contributed by atoms with Gasteiger partial charge in [0.1, 0.15) is 0 Å². The molecule has 0 amide bonds. The molecule has 0 bridgehead atoms. The Bertz CT molecular complexity index is 470. The van der Waals surface area contributed by atoms with Crippen LogP contribution >= 0.6 is 15.9 Å². The van der Waals surface area contributed by atoms with Crippen LogP contribution in [0.1, 0.15) is 32.3 Å². The van der Waals surface area contributed by atoms with Gasteiger partial charge in [0.15, 0.2) is 11.5 Å². The van der Waals surface area contributed by atoms with Gasteiger partial charge in [0, 0.05) is 13.1 Å². The zero-order valence-electron chi connectivity index (χ0n) is 12.8. The lowest BCUT2D eigenvalue weighted by atomic mass is 9.92. The Morgan fingerprint density at radius 2 is 1.95 bits per heavy atom. The van der Waals surface area contributed by atoms with Gasteiger partial charge < -0.3 is 14.8 Å². The average Bonchev–Trinajstić information content (AvgIpc) is 3.19. The third-order valence-electron chi connectivity index (χ3n) is 4.42. The van der Waals surface area contributed by atoms with Gasteiger partial charge >= 0.3 is 0 Å². The van der Waals surface area contributed by atoms with E-state index in [1.807, 2.05) is 6.07 Å². The first-order chi connectivity index (χ1) is 9.52. The molecule has 1 aliphatic rings. The van der Waals surface area contributed by atoms with Crippen molar-refractivity contribution in [3.8, 4) is 11.5 Å². The number of ether oxygens (including phenoxy) is 2. The number of methoxy groups -OCH3 is 2. The Labute approximate surface area is 130 Å². The second-order valence-electron chi connectivity index (χ2n) is 5.93. The third kappa shape index (κ3) is 3.29. The summed E-state index contributed by atoms with van der Waals surface area (Å²) < 4.78 is 11.6. The molecule has 0 saturated heterocycles. The molecule has 4 heteroatoms. The fourth-order valence-corrected chi connectivity index (χ4v) is 3.30. The number of rotatable bonds is 7. The van der Waals surface area contributed by atoms with Gasteiger partial charge in [0.25, 0.3) is 0 Å². The molecule has 0 unspecified atom stereocenters. The van der Waals surface area contributed by atoms with E-state index in [0.717, 1.165) is 35.0 Å². The van der Waals surface area contributed by atoms with E-state index in [0.29, 0.717) is 5.41 Å². The van der Waals surface area contributed by atoms with Gasteiger partial charge in [0.05, 0.1) is 18.7 Å². The zero-order chi connectivity index (χ0) is 14.8. The molecule has 2 rings (SSSR count). The van der Waals surface area contributed by atoms with E-state index in [2.05, 4.69) is 41.2 Å². The molecule has 0 heterocycles. The molecule has 1 saturated carbocycles. The first kappa shape index (κ1) is 15.6. The van der Waals surface area contributed by atoms with Gasteiger partial charge in [-0.25, -0.2) is 0 Å². The molecule has 0 radical (unpaired) electrons. The third-order valence-corrected chi connectivity index (χ3v) is 5.01. The molecule has 1 aromatic rings. The molecule has 1 aromatic carbocycles. The second-order valence-corrected chi connectivity index (χ2v) is 6.79. The van der Waals surface area contributed by atoms with E-state index >= 15 is 0 Å². The minimum Gasteiger partial charge on any atom is -0.493 e. The summed E-state index contributed by atoms with van der Waals surface area (Å²) >= 11 is 3.53. The van der Waals surface area contributed by atoms with Crippen molar-refractivity contribution >= 4 is 15.9 Å². The summed E-state index contributed by atoms with van der Waals surface area (Å²) in [6.07, 6.45) is 2.71. The fourth-order valence-electron chi connectivity index (χ4n) is 2.65. The van der Waals surface area contributed by atoms with E-state index in [1.165, 1.54) is 18.4 Å². The Morgan fingerprint density at radius 3 is 2.45 bits per heavy atom. The zero-order valence-corrected chi connectivity index (χ0v) is 14.3. The highest BCUT2D eigenvalue weighted by Gasteiger charge is 2.44. The molecule has 3 nitrogen and oxygen atoms in total. The molecule has 1 N–H and O–H groups in total. The van der Waals surface area contributed by atoms with E-state index in [-0.39, 0.29) is 0 Å². The molecule has 0 aliphatic heterocycles. The van der Waals surface area contributed by atoms with E-state index in [1.54, 1.807) is 14.2 Å². The average molecular weight is 342 g/mol. The van der Waals surface area contributed by atoms with Crippen molar-refractivity contribution in [2.45, 2.75) is 33.2 Å². The van der Waals surface area contributed by atoms with E-state index in [4.69, 9.17) is 9.47 Å². The largest absolute Gasteiger partial charge is 0.493 e. The molecular weight excluding hydrogens is 318 g/mol. The predicted molar refractivity (Wildman–Crippen MR) is 85.5 cm³/mol. The number of benzene rings is 1. The number of hydrogen-bond acceptors (Lipinski definition) is 3. The van der Waals surface area contributed by atoms with Crippen LogP contribution in [0.2, 0.25) is 0 Å². The minimum absolute atomic E-state index is 0.536. The lowest BCUT2D eigenvalue weighted by Gasteiger charge is -2.20. The van der Waals surface area contributed by atoms with Gasteiger partial charge in [-0.1, -0.05) is 13.8 Å². The SMILES string of the molecule is COc1cc(CNCC2(C(C)C)CC2)cc(Br)c1OC. The summed E-state index contributed by atoms with van der Waals surface area (Å²) in [4.78, 5) is 0. The van der Waals surface area contributed by atoms with Crippen molar-refractivity contribution in [1.29, 1.82) is 0 Å². The summed E-state index contributed by atoms with van der Waals surface area (Å²) in [5.41, 5.74) is 1.74. The maximum atomic E-state index is 5.37. The topological polar surface area (TPSA) is 30.5 Å². The monoisotopic (exact) mass is 341 g/mol. The fraction of sp³-hybridized carbons (Fsp3) is 0.625. The Kier molecular flexibility index (Phi) is 4.97. The molecule has 0 aromatic heterocycles. The van der Waals surface area contributed by atoms with Crippen LogP contribution in [0.15, 0.2) is 16.6 Å². The van der Waals surface area contributed by atoms with Crippen LogP contribution in [-0.4, -0.2) is 20.8 Å². The Balaban J connectivity index is 1.98. The quantitative estimate of drug-likeness (QED) is 0.813. The summed E-state index contributed by atoms with van der Waals surface area (Å²) in [5, 5.41) is 3.58. The normalized spacial score (nSPS) is 16.3. The van der Waals surface area contributed by atoms with Gasteiger partial charge in [0.2, 0.25) is 0 Å². The van der Waals surface area contributed by atoms with Gasteiger partial charge in [-0.15, -0.1) is 0 Å². The first-order valence-corrected chi connectivity index (χ1v) is 7.93. The standard InChI is InChI=1S/C16H24BrNO2/c1-11(2)16(5-6-16)10-18-9-12-7-13(17)15(20-4)14(8-12)19-3/h7-8,11,18H,5-6,9-10H2,1-4H3. The van der Waals surface area contributed by atoms with Crippen molar-refractivity contribution in [1.82, 2.24) is 5.32 Å². The lowest BCUT2D eigenvalue weighted by Crippen LogP contribution is -2.27. The Hall–Kier alpha value is -0.740. The van der Waals surface area contributed by atoms with Crippen molar-refractivity contribution in [3.63, 3.8) is 0 Å². The molecular formula is C16H24BrNO2. The van der Waals surface area contributed by atoms with Crippen molar-refractivity contribution in [2.75, 3.05) is 20.8 Å². The van der Waals surface area contributed by atoms with Crippen molar-refractivity contribution < 1.29 is 9.47 Å². The molecule has 0 atom stereocenters. The maximum Gasteiger partial charge on any atom is 0.174 e. The summed E-state index contributed by atoms with van der Waals surface area (Å²) in [5.74, 6) is 2.27. The summed E-state index contributed by atoms with van der Waals surface area (Å²) in [7, 11) is 3.32. The van der Waals surface area contributed by atoms with Crippen LogP contribution in [0.4, 0.5) is 0 Å². The maximum absolute atomic E-state index is 5.37. The summed E-state index contributed by atoms with van der Waals surface area (Å²) in [6, 6.07) is 4.12. The summed E-state index contributed by atoms with van der Waals surface area (Å²) in [6.45, 7) is 6.59. The molecule has 112 valence electrons. The number of halogens is 1. The van der Waals surface area contributed by atoms with Crippen LogP contribution in [0.25, 0.3) is 0 Å². The molecule has 0 spiro atoms. The van der Waals surface area contributed by atoms with Gasteiger partial charge in [-0.05, 0) is 57.8 Å². The van der Waals surface area contributed by atoms with Crippen molar-refractivity contribution in [2.24, 2.45) is 11.3 Å². The second kappa shape index (κ2) is 6.35. The minimum atomic E-state index is 0.536. The van der Waals surface area contributed by atoms with Gasteiger partial charge in [-0.2, -0.15) is 0 Å². The van der Waals surface area contributed by atoms with E-state index < -0.39 is 0 Å². The van der Waals surface area contributed by atoms with Crippen LogP contribution in [0.5, 0.6) is 11.5 Å².